The van der Waals surface area contributed by atoms with Gasteiger partial charge in [-0.2, -0.15) is 5.10 Å². The van der Waals surface area contributed by atoms with Crippen LogP contribution in [0.25, 0.3) is 0 Å². The normalized spacial score (nSPS) is 33.3. The predicted octanol–water partition coefficient (Wildman–Crippen LogP) is 4.29. The lowest BCUT2D eigenvalue weighted by atomic mass is 9.49. The summed E-state index contributed by atoms with van der Waals surface area (Å²) in [5.41, 5.74) is 5.11. The number of aromatic nitrogens is 2. The standard InChI is InChI=1S/C29H39N3O2/c1-19-24-15-29(34)27-13-22-9-10-23(33)14-25(22)28(29,11-12-31(27)17-21-7-8-21)16-26(24)30-32(19)18-20-5-3-2-4-6-20/h9-10,14,20-21,27,33-34H,2-8,11-13,15-18H2,1H3/t27-,28-,29-/m1/s1. The van der Waals surface area contributed by atoms with Crippen molar-refractivity contribution in [3.63, 3.8) is 0 Å². The third-order valence-electron chi connectivity index (χ3n) is 10.3. The largest absolute Gasteiger partial charge is 0.508 e. The first-order valence-electron chi connectivity index (χ1n) is 13.8. The summed E-state index contributed by atoms with van der Waals surface area (Å²) in [6.07, 6.45) is 12.7. The van der Waals surface area contributed by atoms with E-state index in [0.29, 0.717) is 12.2 Å². The second-order valence-corrected chi connectivity index (χ2v) is 12.3. The fourth-order valence-electron chi connectivity index (χ4n) is 8.23. The lowest BCUT2D eigenvalue weighted by Gasteiger charge is -2.63. The number of rotatable bonds is 4. The number of hydrogen-bond acceptors (Lipinski definition) is 4. The molecule has 2 bridgehead atoms. The van der Waals surface area contributed by atoms with Gasteiger partial charge < -0.3 is 10.2 Å². The minimum Gasteiger partial charge on any atom is -0.508 e. The molecule has 5 nitrogen and oxygen atoms in total. The summed E-state index contributed by atoms with van der Waals surface area (Å²) >= 11 is 0. The molecular weight excluding hydrogens is 422 g/mol. The highest BCUT2D eigenvalue weighted by molar-refractivity contribution is 5.52. The number of aromatic hydroxyl groups is 1. The number of aliphatic hydroxyl groups is 1. The fourth-order valence-corrected chi connectivity index (χ4v) is 8.23. The second kappa shape index (κ2) is 7.57. The van der Waals surface area contributed by atoms with E-state index in [0.717, 1.165) is 50.7 Å². The molecule has 4 aliphatic carbocycles. The summed E-state index contributed by atoms with van der Waals surface area (Å²) in [5, 5.41) is 28.4. The fraction of sp³-hybridized carbons (Fsp3) is 0.690. The average molecular weight is 462 g/mol. The summed E-state index contributed by atoms with van der Waals surface area (Å²) in [4.78, 5) is 2.62. The number of benzene rings is 1. The van der Waals surface area contributed by atoms with Crippen molar-refractivity contribution in [3.8, 4) is 5.75 Å². The lowest BCUT2D eigenvalue weighted by Crippen LogP contribution is -2.74. The Bertz CT molecular complexity index is 1110. The number of phenolic OH excluding ortho intramolecular Hbond substituents is 1. The molecular formula is C29H39N3O2. The Morgan fingerprint density at radius 2 is 1.82 bits per heavy atom. The van der Waals surface area contributed by atoms with Crippen LogP contribution in [0.1, 0.15) is 79.4 Å². The molecule has 2 heterocycles. The van der Waals surface area contributed by atoms with Crippen LogP contribution in [0.3, 0.4) is 0 Å². The highest BCUT2D eigenvalue weighted by atomic mass is 16.3. The maximum Gasteiger partial charge on any atom is 0.115 e. The van der Waals surface area contributed by atoms with Gasteiger partial charge in [0.05, 0.1) is 11.3 Å². The van der Waals surface area contributed by atoms with E-state index in [2.05, 4.69) is 22.6 Å². The number of piperidine rings is 1. The molecule has 182 valence electrons. The number of nitrogens with zero attached hydrogens (tertiary/aromatic N) is 3. The molecule has 2 aromatic rings. The maximum atomic E-state index is 12.7. The van der Waals surface area contributed by atoms with Crippen LogP contribution in [0.4, 0.5) is 0 Å². The summed E-state index contributed by atoms with van der Waals surface area (Å²) in [5.74, 6) is 1.87. The van der Waals surface area contributed by atoms with Gasteiger partial charge in [-0.15, -0.1) is 0 Å². The Kier molecular flexibility index (Phi) is 4.77. The van der Waals surface area contributed by atoms with Crippen molar-refractivity contribution in [1.82, 2.24) is 14.7 Å². The van der Waals surface area contributed by atoms with Crippen molar-refractivity contribution in [3.05, 3.63) is 46.3 Å². The van der Waals surface area contributed by atoms with E-state index in [1.54, 1.807) is 0 Å². The van der Waals surface area contributed by atoms with Gasteiger partial charge in [-0.3, -0.25) is 9.58 Å². The van der Waals surface area contributed by atoms with Gasteiger partial charge in [-0.25, -0.2) is 0 Å². The Morgan fingerprint density at radius 1 is 1.03 bits per heavy atom. The quantitative estimate of drug-likeness (QED) is 0.713. The third kappa shape index (κ3) is 3.08. The van der Waals surface area contributed by atoms with E-state index in [1.807, 2.05) is 12.1 Å². The SMILES string of the molecule is Cc1c2c(nn1CC1CCCCC1)C[C@]13CCN(CC4CC4)[C@H](Cc4ccc(O)cc41)[C@]3(O)C2. The molecule has 7 rings (SSSR count). The number of fused-ring (bicyclic) bond motifs is 2. The van der Waals surface area contributed by atoms with E-state index in [-0.39, 0.29) is 11.5 Å². The van der Waals surface area contributed by atoms with Crippen molar-refractivity contribution in [2.75, 3.05) is 13.1 Å². The first kappa shape index (κ1) is 21.4. The van der Waals surface area contributed by atoms with E-state index >= 15 is 0 Å². The summed E-state index contributed by atoms with van der Waals surface area (Å²) in [7, 11) is 0. The maximum absolute atomic E-state index is 12.7. The zero-order chi connectivity index (χ0) is 23.1. The lowest BCUT2D eigenvalue weighted by molar-refractivity contribution is -0.152. The number of hydrogen-bond donors (Lipinski definition) is 2. The van der Waals surface area contributed by atoms with Crippen molar-refractivity contribution >= 4 is 0 Å². The third-order valence-corrected chi connectivity index (χ3v) is 10.3. The Hall–Kier alpha value is -1.85. The van der Waals surface area contributed by atoms with Gasteiger partial charge in [0.1, 0.15) is 5.75 Å². The van der Waals surface area contributed by atoms with Gasteiger partial charge in [0.15, 0.2) is 0 Å². The molecule has 2 N–H and O–H groups in total. The molecule has 1 saturated heterocycles. The predicted molar refractivity (Wildman–Crippen MR) is 132 cm³/mol. The molecule has 1 aromatic carbocycles. The van der Waals surface area contributed by atoms with Gasteiger partial charge in [-0.05, 0) is 92.7 Å². The molecule has 0 radical (unpaired) electrons. The van der Waals surface area contributed by atoms with Gasteiger partial charge in [0, 0.05) is 43.1 Å². The van der Waals surface area contributed by atoms with Crippen LogP contribution < -0.4 is 0 Å². The first-order chi connectivity index (χ1) is 16.5. The highest BCUT2D eigenvalue weighted by Gasteiger charge is 2.65. The molecule has 1 aliphatic heterocycles. The number of likely N-dealkylation sites (tertiary alicyclic amines) is 1. The summed E-state index contributed by atoms with van der Waals surface area (Å²) < 4.78 is 2.29. The summed E-state index contributed by atoms with van der Waals surface area (Å²) in [6.45, 7) is 5.42. The van der Waals surface area contributed by atoms with Gasteiger partial charge in [0.2, 0.25) is 0 Å². The van der Waals surface area contributed by atoms with Crippen LogP contribution in [-0.4, -0.2) is 49.6 Å². The van der Waals surface area contributed by atoms with Gasteiger partial charge >= 0.3 is 0 Å². The van der Waals surface area contributed by atoms with Gasteiger partial charge in [0.25, 0.3) is 0 Å². The molecule has 5 aliphatic rings. The monoisotopic (exact) mass is 461 g/mol. The van der Waals surface area contributed by atoms with Crippen molar-refractivity contribution in [2.45, 2.75) is 101 Å². The van der Waals surface area contributed by atoms with Crippen LogP contribution in [0.5, 0.6) is 5.75 Å². The van der Waals surface area contributed by atoms with Crippen molar-refractivity contribution in [1.29, 1.82) is 0 Å². The highest BCUT2D eigenvalue weighted by Crippen LogP contribution is 2.58. The van der Waals surface area contributed by atoms with E-state index in [9.17, 15) is 10.2 Å². The molecule has 3 atom stereocenters. The smallest absolute Gasteiger partial charge is 0.115 e. The average Bonchev–Trinajstić information content (AvgIpc) is 3.60. The molecule has 3 fully saturated rings. The topological polar surface area (TPSA) is 61.5 Å². The molecule has 5 heteroatoms. The molecule has 0 spiro atoms. The summed E-state index contributed by atoms with van der Waals surface area (Å²) in [6, 6.07) is 6.05. The zero-order valence-electron chi connectivity index (χ0n) is 20.6. The molecule has 2 saturated carbocycles. The molecule has 0 amide bonds. The van der Waals surface area contributed by atoms with Crippen LogP contribution in [0.15, 0.2) is 18.2 Å². The van der Waals surface area contributed by atoms with Crippen molar-refractivity contribution in [2.24, 2.45) is 11.8 Å². The Morgan fingerprint density at radius 3 is 2.62 bits per heavy atom. The number of phenols is 1. The zero-order valence-corrected chi connectivity index (χ0v) is 20.6. The minimum absolute atomic E-state index is 0.146. The second-order valence-electron chi connectivity index (χ2n) is 12.3. The molecule has 1 aromatic heterocycles. The van der Waals surface area contributed by atoms with E-state index in [1.165, 1.54) is 73.0 Å². The minimum atomic E-state index is -0.808. The van der Waals surface area contributed by atoms with Crippen LogP contribution in [-0.2, 0) is 31.2 Å². The Labute approximate surface area is 203 Å². The van der Waals surface area contributed by atoms with E-state index in [4.69, 9.17) is 5.10 Å². The van der Waals surface area contributed by atoms with Crippen LogP contribution >= 0.6 is 0 Å². The Balaban J connectivity index is 1.31. The van der Waals surface area contributed by atoms with E-state index < -0.39 is 5.60 Å². The van der Waals surface area contributed by atoms with Gasteiger partial charge in [-0.1, -0.05) is 25.3 Å². The van der Waals surface area contributed by atoms with Crippen LogP contribution in [0, 0.1) is 18.8 Å². The molecule has 34 heavy (non-hydrogen) atoms. The van der Waals surface area contributed by atoms with Crippen LogP contribution in [0.2, 0.25) is 0 Å². The first-order valence-corrected chi connectivity index (χ1v) is 13.8. The van der Waals surface area contributed by atoms with Crippen molar-refractivity contribution < 1.29 is 10.2 Å². The molecule has 0 unspecified atom stereocenters.